The predicted molar refractivity (Wildman–Crippen MR) is 78.1 cm³/mol. The number of methoxy groups -OCH3 is 1. The number of rotatable bonds is 6. The molecular formula is C16H21NO4. The normalized spacial score (nSPS) is 14.7. The van der Waals surface area contributed by atoms with E-state index in [1.165, 1.54) is 20.0 Å². The minimum absolute atomic E-state index is 0.0207. The summed E-state index contributed by atoms with van der Waals surface area (Å²) in [4.78, 5) is 22.9. The van der Waals surface area contributed by atoms with Gasteiger partial charge in [0.25, 0.3) is 5.91 Å². The molecule has 0 aliphatic heterocycles. The number of benzene rings is 1. The molecule has 5 heteroatoms. The largest absolute Gasteiger partial charge is 0.484 e. The van der Waals surface area contributed by atoms with Gasteiger partial charge in [0.2, 0.25) is 0 Å². The fraction of sp³-hybridized carbons (Fsp3) is 0.500. The van der Waals surface area contributed by atoms with Crippen LogP contribution in [-0.4, -0.2) is 31.6 Å². The van der Waals surface area contributed by atoms with E-state index in [1.807, 2.05) is 0 Å². The van der Waals surface area contributed by atoms with Crippen LogP contribution in [0.5, 0.6) is 5.75 Å². The van der Waals surface area contributed by atoms with Gasteiger partial charge in [-0.3, -0.25) is 9.59 Å². The standard InChI is InChI=1S/C16H21NO4/c1-20-16(19)10-12-6-8-14(9-7-12)21-11-15(18)17-13-4-2-3-5-13/h6-9,13H,2-5,10-11H2,1H3,(H,17,18). The van der Waals surface area contributed by atoms with Crippen LogP contribution in [-0.2, 0) is 20.7 Å². The van der Waals surface area contributed by atoms with Gasteiger partial charge in [-0.15, -0.1) is 0 Å². The van der Waals surface area contributed by atoms with Gasteiger partial charge >= 0.3 is 5.97 Å². The average Bonchev–Trinajstić information content (AvgIpc) is 2.99. The summed E-state index contributed by atoms with van der Waals surface area (Å²) in [7, 11) is 1.36. The number of amides is 1. The van der Waals surface area contributed by atoms with Crippen molar-refractivity contribution in [2.45, 2.75) is 38.1 Å². The van der Waals surface area contributed by atoms with E-state index < -0.39 is 0 Å². The first-order valence-corrected chi connectivity index (χ1v) is 7.25. The van der Waals surface area contributed by atoms with Crippen molar-refractivity contribution in [2.24, 2.45) is 0 Å². The van der Waals surface area contributed by atoms with Gasteiger partial charge < -0.3 is 14.8 Å². The third-order valence-electron chi connectivity index (χ3n) is 3.59. The molecule has 5 nitrogen and oxygen atoms in total. The first-order chi connectivity index (χ1) is 10.2. The molecule has 2 rings (SSSR count). The molecule has 0 heterocycles. The fourth-order valence-electron chi connectivity index (χ4n) is 2.43. The third-order valence-corrected chi connectivity index (χ3v) is 3.59. The number of carbonyl (C=O) groups excluding carboxylic acids is 2. The SMILES string of the molecule is COC(=O)Cc1ccc(OCC(=O)NC2CCCC2)cc1. The van der Waals surface area contributed by atoms with Crippen LogP contribution < -0.4 is 10.1 Å². The highest BCUT2D eigenvalue weighted by Gasteiger charge is 2.17. The molecular weight excluding hydrogens is 270 g/mol. The molecule has 1 aromatic rings. The Morgan fingerprint density at radius 1 is 1.19 bits per heavy atom. The van der Waals surface area contributed by atoms with Crippen LogP contribution in [0.2, 0.25) is 0 Å². The van der Waals surface area contributed by atoms with Crippen LogP contribution in [0.1, 0.15) is 31.2 Å². The van der Waals surface area contributed by atoms with Gasteiger partial charge in [-0.05, 0) is 30.5 Å². The molecule has 1 N–H and O–H groups in total. The molecule has 1 saturated carbocycles. The van der Waals surface area contributed by atoms with Crippen molar-refractivity contribution in [1.82, 2.24) is 5.32 Å². The summed E-state index contributed by atoms with van der Waals surface area (Å²) in [5.41, 5.74) is 0.851. The van der Waals surface area contributed by atoms with Gasteiger partial charge in [0, 0.05) is 6.04 Å². The van der Waals surface area contributed by atoms with Gasteiger partial charge in [0.15, 0.2) is 6.61 Å². The van der Waals surface area contributed by atoms with E-state index in [0.717, 1.165) is 18.4 Å². The van der Waals surface area contributed by atoms with Crippen molar-refractivity contribution in [1.29, 1.82) is 0 Å². The topological polar surface area (TPSA) is 64.6 Å². The molecule has 1 fully saturated rings. The first kappa shape index (κ1) is 15.4. The summed E-state index contributed by atoms with van der Waals surface area (Å²) >= 11 is 0. The summed E-state index contributed by atoms with van der Waals surface area (Å²) in [6.07, 6.45) is 4.74. The maximum Gasteiger partial charge on any atom is 0.309 e. The van der Waals surface area contributed by atoms with Crippen molar-refractivity contribution >= 4 is 11.9 Å². The van der Waals surface area contributed by atoms with Crippen LogP contribution in [0.3, 0.4) is 0 Å². The lowest BCUT2D eigenvalue weighted by atomic mass is 10.1. The Balaban J connectivity index is 1.75. The number of esters is 1. The summed E-state index contributed by atoms with van der Waals surface area (Å²) in [6, 6.07) is 7.40. The molecule has 1 aliphatic rings. The Morgan fingerprint density at radius 2 is 1.86 bits per heavy atom. The van der Waals surface area contributed by atoms with Gasteiger partial charge in [0.1, 0.15) is 5.75 Å². The predicted octanol–water partition coefficient (Wildman–Crippen LogP) is 1.84. The second kappa shape index (κ2) is 7.67. The van der Waals surface area contributed by atoms with Crippen molar-refractivity contribution in [2.75, 3.05) is 13.7 Å². The minimum Gasteiger partial charge on any atom is -0.484 e. The third kappa shape index (κ3) is 5.10. The zero-order chi connectivity index (χ0) is 15.1. The van der Waals surface area contributed by atoms with Crippen molar-refractivity contribution in [3.8, 4) is 5.75 Å². The van der Waals surface area contributed by atoms with Crippen molar-refractivity contribution in [3.05, 3.63) is 29.8 Å². The number of hydrogen-bond acceptors (Lipinski definition) is 4. The quantitative estimate of drug-likeness (QED) is 0.812. The fourth-order valence-corrected chi connectivity index (χ4v) is 2.43. The first-order valence-electron chi connectivity index (χ1n) is 7.25. The van der Waals surface area contributed by atoms with E-state index in [4.69, 9.17) is 4.74 Å². The van der Waals surface area contributed by atoms with E-state index in [9.17, 15) is 9.59 Å². The van der Waals surface area contributed by atoms with Crippen molar-refractivity contribution in [3.63, 3.8) is 0 Å². The lowest BCUT2D eigenvalue weighted by molar-refractivity contribution is -0.139. The Hall–Kier alpha value is -2.04. The van der Waals surface area contributed by atoms with Crippen LogP contribution in [0, 0.1) is 0 Å². The Bertz CT molecular complexity index is 478. The molecule has 0 bridgehead atoms. The number of carbonyl (C=O) groups is 2. The van der Waals surface area contributed by atoms with E-state index in [2.05, 4.69) is 10.1 Å². The van der Waals surface area contributed by atoms with E-state index in [1.54, 1.807) is 24.3 Å². The van der Waals surface area contributed by atoms with Crippen LogP contribution in [0.25, 0.3) is 0 Å². The molecule has 21 heavy (non-hydrogen) atoms. The molecule has 1 aromatic carbocycles. The zero-order valence-corrected chi connectivity index (χ0v) is 12.3. The Labute approximate surface area is 124 Å². The van der Waals surface area contributed by atoms with Gasteiger partial charge in [-0.2, -0.15) is 0 Å². The maximum absolute atomic E-state index is 11.7. The number of ether oxygens (including phenoxy) is 2. The molecule has 1 aliphatic carbocycles. The van der Waals surface area contributed by atoms with E-state index in [-0.39, 0.29) is 24.9 Å². The zero-order valence-electron chi connectivity index (χ0n) is 12.3. The lowest BCUT2D eigenvalue weighted by Crippen LogP contribution is -2.36. The van der Waals surface area contributed by atoms with Crippen molar-refractivity contribution < 1.29 is 19.1 Å². The smallest absolute Gasteiger partial charge is 0.309 e. The Morgan fingerprint density at radius 3 is 2.48 bits per heavy atom. The van der Waals surface area contributed by atoms with Crippen LogP contribution in [0.4, 0.5) is 0 Å². The summed E-state index contributed by atoms with van der Waals surface area (Å²) in [6.45, 7) is 0.0207. The molecule has 0 saturated heterocycles. The van der Waals surface area contributed by atoms with E-state index >= 15 is 0 Å². The molecule has 114 valence electrons. The van der Waals surface area contributed by atoms with E-state index in [0.29, 0.717) is 11.8 Å². The molecule has 0 atom stereocenters. The number of hydrogen-bond donors (Lipinski definition) is 1. The average molecular weight is 291 g/mol. The minimum atomic E-state index is -0.278. The molecule has 0 spiro atoms. The highest BCUT2D eigenvalue weighted by molar-refractivity contribution is 5.77. The molecule has 1 amide bonds. The summed E-state index contributed by atoms with van der Waals surface area (Å²) < 4.78 is 10.0. The summed E-state index contributed by atoms with van der Waals surface area (Å²) in [5, 5.41) is 2.97. The van der Waals surface area contributed by atoms with Gasteiger partial charge in [0.05, 0.1) is 13.5 Å². The number of nitrogens with one attached hydrogen (secondary N) is 1. The second-order valence-electron chi connectivity index (χ2n) is 5.23. The molecule has 0 aromatic heterocycles. The van der Waals surface area contributed by atoms with Gasteiger partial charge in [-0.25, -0.2) is 0 Å². The van der Waals surface area contributed by atoms with Crippen LogP contribution >= 0.6 is 0 Å². The Kier molecular flexibility index (Phi) is 5.60. The second-order valence-corrected chi connectivity index (χ2v) is 5.23. The highest BCUT2D eigenvalue weighted by Crippen LogP contribution is 2.17. The van der Waals surface area contributed by atoms with Gasteiger partial charge in [-0.1, -0.05) is 25.0 Å². The monoisotopic (exact) mass is 291 g/mol. The molecule has 0 radical (unpaired) electrons. The maximum atomic E-state index is 11.7. The molecule has 0 unspecified atom stereocenters. The lowest BCUT2D eigenvalue weighted by Gasteiger charge is -2.12. The highest BCUT2D eigenvalue weighted by atomic mass is 16.5. The van der Waals surface area contributed by atoms with Crippen LogP contribution in [0.15, 0.2) is 24.3 Å². The summed E-state index contributed by atoms with van der Waals surface area (Å²) in [5.74, 6) is 0.255.